The van der Waals surface area contributed by atoms with Gasteiger partial charge in [0.2, 0.25) is 5.91 Å². The zero-order chi connectivity index (χ0) is 18.2. The van der Waals surface area contributed by atoms with E-state index >= 15 is 0 Å². The van der Waals surface area contributed by atoms with Crippen molar-refractivity contribution in [2.24, 2.45) is 18.7 Å². The molecule has 1 aromatic rings. The van der Waals surface area contributed by atoms with Gasteiger partial charge in [-0.15, -0.1) is 0 Å². The average molecular weight is 348 g/mol. The van der Waals surface area contributed by atoms with E-state index in [1.807, 2.05) is 20.9 Å². The van der Waals surface area contributed by atoms with Crippen LogP contribution in [0.1, 0.15) is 49.8 Å². The second kappa shape index (κ2) is 6.78. The molecular weight excluding hydrogens is 320 g/mol. The Bertz CT molecular complexity index is 663. The summed E-state index contributed by atoms with van der Waals surface area (Å²) in [6.45, 7) is 5.27. The maximum atomic E-state index is 13.2. The average Bonchev–Trinajstić information content (AvgIpc) is 3.28. The van der Waals surface area contributed by atoms with Gasteiger partial charge in [-0.3, -0.25) is 14.3 Å². The van der Waals surface area contributed by atoms with Crippen molar-refractivity contribution in [2.75, 3.05) is 19.7 Å². The minimum Gasteiger partial charge on any atom is -0.369 e. The molecule has 1 saturated heterocycles. The van der Waals surface area contributed by atoms with E-state index in [0.717, 1.165) is 36.9 Å². The van der Waals surface area contributed by atoms with Crippen molar-refractivity contribution in [2.45, 2.75) is 51.0 Å². The Balaban J connectivity index is 1.86. The van der Waals surface area contributed by atoms with Gasteiger partial charge in [-0.1, -0.05) is 0 Å². The lowest BCUT2D eigenvalue weighted by Crippen LogP contribution is -2.48. The van der Waals surface area contributed by atoms with Crippen LogP contribution in [0, 0.1) is 12.8 Å². The van der Waals surface area contributed by atoms with E-state index in [9.17, 15) is 9.59 Å². The molecule has 2 heterocycles. The summed E-state index contributed by atoms with van der Waals surface area (Å²) in [6, 6.07) is 0. The predicted molar refractivity (Wildman–Crippen MR) is 92.8 cm³/mol. The van der Waals surface area contributed by atoms with Crippen LogP contribution < -0.4 is 5.73 Å². The number of likely N-dealkylation sites (tertiary alicyclic amines) is 1. The summed E-state index contributed by atoms with van der Waals surface area (Å²) in [5.41, 5.74) is 6.95. The summed E-state index contributed by atoms with van der Waals surface area (Å²) in [7, 11) is 1.87. The summed E-state index contributed by atoms with van der Waals surface area (Å²) < 4.78 is 7.69. The molecule has 2 amide bonds. The van der Waals surface area contributed by atoms with Crippen molar-refractivity contribution >= 4 is 11.8 Å². The molecule has 138 valence electrons. The lowest BCUT2D eigenvalue weighted by molar-refractivity contribution is -0.156. The lowest BCUT2D eigenvalue weighted by Gasteiger charge is -2.32. The minimum atomic E-state index is -0.712. The van der Waals surface area contributed by atoms with Crippen molar-refractivity contribution in [3.8, 4) is 0 Å². The molecule has 3 rings (SSSR count). The lowest BCUT2D eigenvalue weighted by atomic mass is 9.89. The van der Waals surface area contributed by atoms with E-state index in [2.05, 4.69) is 5.10 Å². The Morgan fingerprint density at radius 2 is 2.04 bits per heavy atom. The highest BCUT2D eigenvalue weighted by Gasteiger charge is 2.49. The molecule has 0 radical (unpaired) electrons. The third-order valence-electron chi connectivity index (χ3n) is 5.87. The standard InChI is InChI=1S/C18H28N4O3/c1-4-25-18(7-5-6-8-18)17(24)22-10-14(15(11-22)16(19)23)13-9-20-21(3)12(13)2/h9,14-15H,4-8,10-11H2,1-3H3,(H2,19,23)/t14-,15+/m1/s1. The van der Waals surface area contributed by atoms with Gasteiger partial charge in [0.05, 0.1) is 12.1 Å². The molecule has 7 nitrogen and oxygen atoms in total. The normalized spacial score (nSPS) is 25.5. The summed E-state index contributed by atoms with van der Waals surface area (Å²) in [4.78, 5) is 27.0. The van der Waals surface area contributed by atoms with E-state index in [1.54, 1.807) is 15.8 Å². The molecule has 1 aliphatic heterocycles. The number of rotatable bonds is 5. The van der Waals surface area contributed by atoms with Crippen LogP contribution in [0.4, 0.5) is 0 Å². The molecule has 7 heteroatoms. The fourth-order valence-corrected chi connectivity index (χ4v) is 4.38. The summed E-state index contributed by atoms with van der Waals surface area (Å²) in [5.74, 6) is -0.829. The number of primary amides is 1. The maximum Gasteiger partial charge on any atom is 0.254 e. The van der Waals surface area contributed by atoms with E-state index in [0.29, 0.717) is 19.7 Å². The molecular formula is C18H28N4O3. The SMILES string of the molecule is CCOC1(C(=O)N2C[C@H](C(N)=O)[C@@H](c3cnn(C)c3C)C2)CCCC1. The quantitative estimate of drug-likeness (QED) is 0.863. The number of aryl methyl sites for hydroxylation is 1. The number of aromatic nitrogens is 2. The Labute approximate surface area is 148 Å². The minimum absolute atomic E-state index is 0.0159. The van der Waals surface area contributed by atoms with Crippen LogP contribution in [0.2, 0.25) is 0 Å². The monoisotopic (exact) mass is 348 g/mol. The number of amides is 2. The van der Waals surface area contributed by atoms with Crippen LogP contribution in [-0.4, -0.2) is 51.8 Å². The molecule has 0 spiro atoms. The van der Waals surface area contributed by atoms with Gasteiger partial charge >= 0.3 is 0 Å². The Morgan fingerprint density at radius 1 is 1.36 bits per heavy atom. The first kappa shape index (κ1) is 17.9. The number of hydrogen-bond donors (Lipinski definition) is 1. The third-order valence-corrected chi connectivity index (χ3v) is 5.87. The third kappa shape index (κ3) is 3.05. The van der Waals surface area contributed by atoms with Crippen molar-refractivity contribution in [1.29, 1.82) is 0 Å². The van der Waals surface area contributed by atoms with E-state index in [-0.39, 0.29) is 23.7 Å². The van der Waals surface area contributed by atoms with Crippen molar-refractivity contribution < 1.29 is 14.3 Å². The van der Waals surface area contributed by atoms with Gasteiger partial charge in [0.25, 0.3) is 5.91 Å². The number of hydrogen-bond acceptors (Lipinski definition) is 4. The van der Waals surface area contributed by atoms with Gasteiger partial charge in [-0.25, -0.2) is 0 Å². The van der Waals surface area contributed by atoms with Gasteiger partial charge in [-0.2, -0.15) is 5.10 Å². The Morgan fingerprint density at radius 3 is 2.56 bits per heavy atom. The number of carbonyl (C=O) groups is 2. The second-order valence-electron chi connectivity index (χ2n) is 7.27. The van der Waals surface area contributed by atoms with E-state index in [4.69, 9.17) is 10.5 Å². The predicted octanol–water partition coefficient (Wildman–Crippen LogP) is 1.11. The molecule has 0 bridgehead atoms. The summed E-state index contributed by atoms with van der Waals surface area (Å²) >= 11 is 0. The number of carbonyl (C=O) groups excluding carboxylic acids is 2. The molecule has 2 fully saturated rings. The largest absolute Gasteiger partial charge is 0.369 e. The van der Waals surface area contributed by atoms with Crippen LogP contribution in [0.3, 0.4) is 0 Å². The Hall–Kier alpha value is -1.89. The van der Waals surface area contributed by atoms with Crippen LogP contribution in [0.5, 0.6) is 0 Å². The number of nitrogens with zero attached hydrogens (tertiary/aromatic N) is 3. The molecule has 1 aromatic heterocycles. The maximum absolute atomic E-state index is 13.2. The first-order valence-corrected chi connectivity index (χ1v) is 9.10. The van der Waals surface area contributed by atoms with Gasteiger partial charge in [-0.05, 0) is 45.1 Å². The number of nitrogens with two attached hydrogens (primary N) is 1. The van der Waals surface area contributed by atoms with Crippen molar-refractivity contribution in [1.82, 2.24) is 14.7 Å². The molecule has 1 aliphatic carbocycles. The first-order chi connectivity index (χ1) is 11.9. The highest BCUT2D eigenvalue weighted by molar-refractivity contribution is 5.88. The fourth-order valence-electron chi connectivity index (χ4n) is 4.38. The van der Waals surface area contributed by atoms with Crippen molar-refractivity contribution in [3.63, 3.8) is 0 Å². The van der Waals surface area contributed by atoms with Gasteiger partial charge in [0.15, 0.2) is 0 Å². The van der Waals surface area contributed by atoms with Gasteiger partial charge < -0.3 is 15.4 Å². The zero-order valence-corrected chi connectivity index (χ0v) is 15.3. The van der Waals surface area contributed by atoms with Gasteiger partial charge in [0, 0.05) is 38.4 Å². The van der Waals surface area contributed by atoms with Gasteiger partial charge in [0.1, 0.15) is 5.60 Å². The van der Waals surface area contributed by atoms with Crippen LogP contribution in [0.25, 0.3) is 0 Å². The van der Waals surface area contributed by atoms with Crippen molar-refractivity contribution in [3.05, 3.63) is 17.5 Å². The summed E-state index contributed by atoms with van der Waals surface area (Å²) in [5, 5.41) is 4.28. The topological polar surface area (TPSA) is 90.4 Å². The van der Waals surface area contributed by atoms with E-state index < -0.39 is 5.60 Å². The highest BCUT2D eigenvalue weighted by atomic mass is 16.5. The number of ether oxygens (including phenoxy) is 1. The second-order valence-corrected chi connectivity index (χ2v) is 7.27. The molecule has 2 atom stereocenters. The highest BCUT2D eigenvalue weighted by Crippen LogP contribution is 2.39. The van der Waals surface area contributed by atoms with Crippen LogP contribution in [0.15, 0.2) is 6.20 Å². The molecule has 0 unspecified atom stereocenters. The van der Waals surface area contributed by atoms with E-state index in [1.165, 1.54) is 0 Å². The first-order valence-electron chi connectivity index (χ1n) is 9.10. The molecule has 2 N–H and O–H groups in total. The molecule has 1 saturated carbocycles. The zero-order valence-electron chi connectivity index (χ0n) is 15.3. The molecule has 0 aromatic carbocycles. The molecule has 2 aliphatic rings. The smallest absolute Gasteiger partial charge is 0.254 e. The molecule has 25 heavy (non-hydrogen) atoms. The fraction of sp³-hybridized carbons (Fsp3) is 0.722. The summed E-state index contributed by atoms with van der Waals surface area (Å²) in [6.07, 6.45) is 5.31. The van der Waals surface area contributed by atoms with Crippen LogP contribution in [-0.2, 0) is 21.4 Å². The van der Waals surface area contributed by atoms with Crippen LogP contribution >= 0.6 is 0 Å². The Kier molecular flexibility index (Phi) is 4.86.